The van der Waals surface area contributed by atoms with Crippen LogP contribution in [0.25, 0.3) is 0 Å². The molecule has 1 fully saturated rings. The van der Waals surface area contributed by atoms with E-state index in [1.807, 2.05) is 0 Å². The van der Waals surface area contributed by atoms with E-state index >= 15 is 0 Å². The molecule has 12 heteroatoms. The summed E-state index contributed by atoms with van der Waals surface area (Å²) in [6.07, 6.45) is 8.08. The molecule has 0 atom stereocenters. The summed E-state index contributed by atoms with van der Waals surface area (Å²) in [6.45, 7) is 1.56. The molecule has 2 aromatic heterocycles. The summed E-state index contributed by atoms with van der Waals surface area (Å²) in [6, 6.07) is 14.4. The largest absolute Gasteiger partial charge is 0.340 e. The molecule has 196 valence electrons. The monoisotopic (exact) mass is 534 g/mol. The van der Waals surface area contributed by atoms with Gasteiger partial charge in [-0.25, -0.2) is 27.8 Å². The Balaban J connectivity index is 1.16. The first-order valence-electron chi connectivity index (χ1n) is 12.2. The lowest BCUT2D eigenvalue weighted by atomic mass is 10.1. The summed E-state index contributed by atoms with van der Waals surface area (Å²) in [5, 5.41) is 9.63. The van der Waals surface area contributed by atoms with Gasteiger partial charge in [0.05, 0.1) is 4.90 Å². The number of aromatic nitrogens is 4. The van der Waals surface area contributed by atoms with Gasteiger partial charge in [0.15, 0.2) is 0 Å². The number of piperidine rings is 1. The Kier molecular flexibility index (Phi) is 7.82. The van der Waals surface area contributed by atoms with Gasteiger partial charge in [-0.3, -0.25) is 0 Å². The number of halogens is 1. The third-order valence-corrected chi connectivity index (χ3v) is 8.10. The maximum Gasteiger partial charge on any atom is 0.243 e. The highest BCUT2D eigenvalue weighted by Gasteiger charge is 2.29. The minimum absolute atomic E-state index is 0.238. The first-order valence-corrected chi connectivity index (χ1v) is 13.6. The van der Waals surface area contributed by atoms with Crippen molar-refractivity contribution in [3.8, 4) is 0 Å². The zero-order valence-corrected chi connectivity index (χ0v) is 21.3. The van der Waals surface area contributed by atoms with Crippen LogP contribution in [0.15, 0.2) is 84.4 Å². The highest BCUT2D eigenvalue weighted by Crippen LogP contribution is 2.24. The smallest absolute Gasteiger partial charge is 0.243 e. The summed E-state index contributed by atoms with van der Waals surface area (Å²) in [5.74, 6) is 0.551. The van der Waals surface area contributed by atoms with Crippen molar-refractivity contribution >= 4 is 33.2 Å². The quantitative estimate of drug-likeness (QED) is 0.294. The van der Waals surface area contributed by atoms with Gasteiger partial charge in [-0.2, -0.15) is 9.29 Å². The lowest BCUT2D eigenvalue weighted by molar-refractivity contribution is 0.288. The third-order valence-electron chi connectivity index (χ3n) is 6.18. The molecular weight excluding hydrogens is 507 g/mol. The maximum atomic E-state index is 13.2. The molecule has 0 bridgehead atoms. The molecular formula is C26H27FN8O2S. The number of benzene rings is 2. The number of sulfonamides is 1. The first kappa shape index (κ1) is 25.6. The van der Waals surface area contributed by atoms with Crippen LogP contribution >= 0.6 is 0 Å². The molecule has 2 aromatic carbocycles. The third kappa shape index (κ3) is 6.46. The molecule has 38 heavy (non-hydrogen) atoms. The molecule has 1 aliphatic rings. The van der Waals surface area contributed by atoms with Gasteiger partial charge in [-0.15, -0.1) is 0 Å². The molecule has 1 aliphatic heterocycles. The molecule has 0 radical (unpaired) electrons. The summed E-state index contributed by atoms with van der Waals surface area (Å²) in [5.41, 5.74) is 2.34. The summed E-state index contributed by atoms with van der Waals surface area (Å²) in [7, 11) is -3.60. The number of rotatable bonds is 9. The van der Waals surface area contributed by atoms with Crippen LogP contribution in [0.1, 0.15) is 18.4 Å². The second-order valence-corrected chi connectivity index (χ2v) is 10.8. The molecule has 5 rings (SSSR count). The molecule has 3 heterocycles. The molecule has 0 unspecified atom stereocenters. The SMILES string of the molecule is O=S(=O)(c1ccc(Nc2nccc(Nc3ccc(F)cc3)n2)cc1)N1CCC(NCc2cncnc2)CC1. The molecule has 4 aromatic rings. The van der Waals surface area contributed by atoms with Crippen LogP contribution in [0.3, 0.4) is 0 Å². The fourth-order valence-corrected chi connectivity index (χ4v) is 5.61. The van der Waals surface area contributed by atoms with Crippen molar-refractivity contribution in [1.29, 1.82) is 0 Å². The molecule has 1 saturated heterocycles. The van der Waals surface area contributed by atoms with Crippen LogP contribution in [0.2, 0.25) is 0 Å². The molecule has 0 amide bonds. The highest BCUT2D eigenvalue weighted by molar-refractivity contribution is 7.89. The predicted molar refractivity (Wildman–Crippen MR) is 142 cm³/mol. The number of anilines is 4. The molecule has 0 aliphatic carbocycles. The van der Waals surface area contributed by atoms with Crippen molar-refractivity contribution in [1.82, 2.24) is 29.6 Å². The van der Waals surface area contributed by atoms with E-state index in [1.54, 1.807) is 61.1 Å². The van der Waals surface area contributed by atoms with Gasteiger partial charge in [0.2, 0.25) is 16.0 Å². The van der Waals surface area contributed by atoms with Crippen LogP contribution in [0.5, 0.6) is 0 Å². The van der Waals surface area contributed by atoms with Crippen molar-refractivity contribution in [2.24, 2.45) is 0 Å². The fraction of sp³-hybridized carbons (Fsp3) is 0.231. The Bertz CT molecular complexity index is 1450. The standard InChI is InChI=1S/C26H27FN8O2S/c27-20-1-3-22(4-2-20)32-25-9-12-30-26(34-25)33-23-5-7-24(8-6-23)38(36,37)35-13-10-21(11-14-35)31-17-19-15-28-18-29-16-19/h1-9,12,15-16,18,21,31H,10-11,13-14,17H2,(H2,30,32,33,34). The summed E-state index contributed by atoms with van der Waals surface area (Å²) in [4.78, 5) is 16.9. The Hall–Kier alpha value is -4.00. The van der Waals surface area contributed by atoms with E-state index in [2.05, 4.69) is 35.9 Å². The van der Waals surface area contributed by atoms with Crippen LogP contribution in [-0.4, -0.2) is 51.8 Å². The van der Waals surface area contributed by atoms with Crippen LogP contribution in [0.4, 0.5) is 27.5 Å². The predicted octanol–water partition coefficient (Wildman–Crippen LogP) is 3.84. The van der Waals surface area contributed by atoms with Crippen molar-refractivity contribution in [2.75, 3.05) is 23.7 Å². The Morgan fingerprint density at radius 2 is 1.55 bits per heavy atom. The van der Waals surface area contributed by atoms with Gasteiger partial charge >= 0.3 is 0 Å². The molecule has 0 saturated carbocycles. The van der Waals surface area contributed by atoms with E-state index < -0.39 is 10.0 Å². The lowest BCUT2D eigenvalue weighted by Gasteiger charge is -2.31. The zero-order chi connectivity index (χ0) is 26.4. The lowest BCUT2D eigenvalue weighted by Crippen LogP contribution is -2.44. The highest BCUT2D eigenvalue weighted by atomic mass is 32.2. The number of hydrogen-bond acceptors (Lipinski definition) is 9. The Morgan fingerprint density at radius 1 is 0.895 bits per heavy atom. The maximum absolute atomic E-state index is 13.2. The zero-order valence-electron chi connectivity index (χ0n) is 20.5. The normalized spacial score (nSPS) is 14.8. The second kappa shape index (κ2) is 11.6. The minimum Gasteiger partial charge on any atom is -0.340 e. The molecule has 0 spiro atoms. The number of nitrogens with one attached hydrogen (secondary N) is 3. The van der Waals surface area contributed by atoms with Gasteiger partial charge in [0.1, 0.15) is 18.0 Å². The van der Waals surface area contributed by atoms with Crippen LogP contribution < -0.4 is 16.0 Å². The first-order chi connectivity index (χ1) is 18.5. The van der Waals surface area contributed by atoms with E-state index in [1.165, 1.54) is 22.8 Å². The van der Waals surface area contributed by atoms with Gasteiger partial charge in [-0.1, -0.05) is 0 Å². The van der Waals surface area contributed by atoms with Gasteiger partial charge in [0.25, 0.3) is 0 Å². The van der Waals surface area contributed by atoms with Gasteiger partial charge in [0, 0.05) is 61.2 Å². The Labute approximate surface area is 220 Å². The van der Waals surface area contributed by atoms with E-state index in [9.17, 15) is 12.8 Å². The molecule has 10 nitrogen and oxygen atoms in total. The average Bonchev–Trinajstić information content (AvgIpc) is 2.94. The summed E-state index contributed by atoms with van der Waals surface area (Å²) < 4.78 is 41.1. The van der Waals surface area contributed by atoms with Crippen molar-refractivity contribution in [2.45, 2.75) is 30.3 Å². The summed E-state index contributed by atoms with van der Waals surface area (Å²) >= 11 is 0. The van der Waals surface area contributed by atoms with Crippen LogP contribution in [-0.2, 0) is 16.6 Å². The molecule has 3 N–H and O–H groups in total. The van der Waals surface area contributed by atoms with E-state index in [4.69, 9.17) is 0 Å². The fourth-order valence-electron chi connectivity index (χ4n) is 4.14. The van der Waals surface area contributed by atoms with E-state index in [-0.39, 0.29) is 16.8 Å². The van der Waals surface area contributed by atoms with Gasteiger partial charge in [-0.05, 0) is 67.4 Å². The minimum atomic E-state index is -3.60. The van der Waals surface area contributed by atoms with E-state index in [0.29, 0.717) is 42.8 Å². The van der Waals surface area contributed by atoms with Crippen molar-refractivity contribution in [3.63, 3.8) is 0 Å². The van der Waals surface area contributed by atoms with Crippen LogP contribution in [0, 0.1) is 5.82 Å². The van der Waals surface area contributed by atoms with Crippen molar-refractivity contribution < 1.29 is 12.8 Å². The second-order valence-electron chi connectivity index (χ2n) is 8.85. The van der Waals surface area contributed by atoms with Crippen molar-refractivity contribution in [3.05, 3.63) is 90.9 Å². The average molecular weight is 535 g/mol. The topological polar surface area (TPSA) is 125 Å². The Morgan fingerprint density at radius 3 is 2.26 bits per heavy atom. The number of nitrogens with zero attached hydrogens (tertiary/aromatic N) is 5. The van der Waals surface area contributed by atoms with E-state index in [0.717, 1.165) is 18.4 Å². The van der Waals surface area contributed by atoms with Gasteiger partial charge < -0.3 is 16.0 Å². The number of hydrogen-bond donors (Lipinski definition) is 3.